The number of pyridine rings is 1. The number of nitrogens with zero attached hydrogens (tertiary/aromatic N) is 2. The Hall–Kier alpha value is -3.46. The summed E-state index contributed by atoms with van der Waals surface area (Å²) >= 11 is 0. The number of rotatable bonds is 7. The lowest BCUT2D eigenvalue weighted by atomic mass is 10.0. The molecule has 2 aromatic rings. The van der Waals surface area contributed by atoms with Gasteiger partial charge in [0.05, 0.1) is 19.3 Å². The zero-order chi connectivity index (χ0) is 21.7. The summed E-state index contributed by atoms with van der Waals surface area (Å²) < 4.78 is 39.9. The van der Waals surface area contributed by atoms with E-state index in [0.717, 1.165) is 24.2 Å². The van der Waals surface area contributed by atoms with Crippen molar-refractivity contribution in [3.63, 3.8) is 0 Å². The molecule has 6 nitrogen and oxygen atoms in total. The molecule has 1 aromatic heterocycles. The van der Waals surface area contributed by atoms with Crippen molar-refractivity contribution in [3.8, 4) is 0 Å². The number of benzene rings is 1. The molecule has 1 saturated heterocycles. The van der Waals surface area contributed by atoms with Crippen molar-refractivity contribution in [1.29, 1.82) is 5.41 Å². The van der Waals surface area contributed by atoms with E-state index in [1.165, 1.54) is 18.3 Å². The maximum absolute atomic E-state index is 14.1. The van der Waals surface area contributed by atoms with Gasteiger partial charge in [0.15, 0.2) is 0 Å². The van der Waals surface area contributed by atoms with E-state index in [2.05, 4.69) is 10.3 Å². The lowest BCUT2D eigenvalue weighted by Gasteiger charge is -2.38. The van der Waals surface area contributed by atoms with Gasteiger partial charge in [0, 0.05) is 53.6 Å². The third kappa shape index (κ3) is 5.12. The summed E-state index contributed by atoms with van der Waals surface area (Å²) in [6.07, 6.45) is 6.98. The Balaban J connectivity index is 1.63. The molecule has 0 bridgehead atoms. The second kappa shape index (κ2) is 8.91. The predicted molar refractivity (Wildman–Crippen MR) is 109 cm³/mol. The molecule has 0 radical (unpaired) electrons. The van der Waals surface area contributed by atoms with Gasteiger partial charge in [-0.3, -0.25) is 14.7 Å². The molecular weight excluding hydrogens is 395 g/mol. The molecule has 1 amide bonds. The number of hydrogen-bond donors (Lipinski definition) is 3. The maximum Gasteiger partial charge on any atom is 0.272 e. The third-order valence-corrected chi connectivity index (χ3v) is 4.50. The summed E-state index contributed by atoms with van der Waals surface area (Å²) in [6.45, 7) is -0.0679. The van der Waals surface area contributed by atoms with Gasteiger partial charge in [-0.15, -0.1) is 0 Å². The van der Waals surface area contributed by atoms with Gasteiger partial charge in [-0.2, -0.15) is 0 Å². The van der Waals surface area contributed by atoms with Crippen LogP contribution in [-0.2, 0) is 11.3 Å². The van der Waals surface area contributed by atoms with E-state index in [1.807, 2.05) is 0 Å². The van der Waals surface area contributed by atoms with E-state index in [1.54, 1.807) is 29.2 Å². The molecule has 3 rings (SSSR count). The van der Waals surface area contributed by atoms with Gasteiger partial charge >= 0.3 is 0 Å². The van der Waals surface area contributed by atoms with Crippen LogP contribution in [0.4, 0.5) is 18.9 Å². The van der Waals surface area contributed by atoms with Gasteiger partial charge in [0.25, 0.3) is 5.92 Å². The smallest absolute Gasteiger partial charge is 0.272 e. The zero-order valence-electron chi connectivity index (χ0n) is 15.9. The van der Waals surface area contributed by atoms with Crippen LogP contribution in [0, 0.1) is 11.2 Å². The molecule has 0 spiro atoms. The Morgan fingerprint density at radius 2 is 1.97 bits per heavy atom. The molecule has 30 heavy (non-hydrogen) atoms. The number of nitrogens with one attached hydrogen (secondary N) is 2. The standard InChI is InChI=1S/C21H20F3N5O/c22-18-10-27-9-15(20(18)16(7-25)8-26)3-6-19(30)28-17-4-1-14(2-5-17)11-29-12-21(23,24)13-29/h1-10,25H,11-13,26H2,(H,28,30)/b6-3+,16-8?,25-7?. The van der Waals surface area contributed by atoms with Gasteiger partial charge in [0.2, 0.25) is 5.91 Å². The van der Waals surface area contributed by atoms with Gasteiger partial charge in [-0.25, -0.2) is 13.2 Å². The van der Waals surface area contributed by atoms with Crippen molar-refractivity contribution in [2.45, 2.75) is 12.5 Å². The lowest BCUT2D eigenvalue weighted by Crippen LogP contribution is -2.55. The zero-order valence-corrected chi connectivity index (χ0v) is 15.9. The van der Waals surface area contributed by atoms with E-state index in [0.29, 0.717) is 17.8 Å². The van der Waals surface area contributed by atoms with Crippen molar-refractivity contribution in [3.05, 3.63) is 71.4 Å². The number of likely N-dealkylation sites (tertiary alicyclic amines) is 1. The van der Waals surface area contributed by atoms with Gasteiger partial charge in [0.1, 0.15) is 5.82 Å². The minimum atomic E-state index is -2.60. The van der Waals surface area contributed by atoms with E-state index in [9.17, 15) is 18.0 Å². The van der Waals surface area contributed by atoms with Crippen LogP contribution in [0.15, 0.2) is 48.9 Å². The summed E-state index contributed by atoms with van der Waals surface area (Å²) in [5, 5.41) is 10.0. The van der Waals surface area contributed by atoms with Crippen LogP contribution in [0.2, 0.25) is 0 Å². The third-order valence-electron chi connectivity index (χ3n) is 4.50. The average Bonchev–Trinajstić information content (AvgIpc) is 2.69. The van der Waals surface area contributed by atoms with Gasteiger partial charge in [-0.1, -0.05) is 12.1 Å². The summed E-state index contributed by atoms with van der Waals surface area (Å²) in [5.74, 6) is -3.71. The number of amides is 1. The summed E-state index contributed by atoms with van der Waals surface area (Å²) in [7, 11) is 0. The van der Waals surface area contributed by atoms with Crippen LogP contribution in [0.5, 0.6) is 0 Å². The SMILES string of the molecule is N=CC(=CN)c1c(F)cncc1/C=C/C(=O)Nc1ccc(CN2CC(F)(F)C2)cc1. The number of alkyl halides is 2. The first kappa shape index (κ1) is 21.3. The molecular formula is C21H20F3N5O. The number of allylic oxidation sites excluding steroid dienone is 1. The number of halogens is 3. The summed E-state index contributed by atoms with van der Waals surface area (Å²) in [6, 6.07) is 6.87. The molecule has 9 heteroatoms. The van der Waals surface area contributed by atoms with Crippen molar-refractivity contribution >= 4 is 29.5 Å². The Labute approximate surface area is 171 Å². The normalized spacial score (nSPS) is 16.3. The van der Waals surface area contributed by atoms with Crippen LogP contribution in [-0.4, -0.2) is 41.0 Å². The van der Waals surface area contributed by atoms with Gasteiger partial charge in [-0.05, 0) is 23.8 Å². The largest absolute Gasteiger partial charge is 0.404 e. The van der Waals surface area contributed by atoms with Crippen molar-refractivity contribution in [2.24, 2.45) is 5.73 Å². The average molecular weight is 415 g/mol. The second-order valence-corrected chi connectivity index (χ2v) is 6.87. The predicted octanol–water partition coefficient (Wildman–Crippen LogP) is 3.27. The monoisotopic (exact) mass is 415 g/mol. The van der Waals surface area contributed by atoms with E-state index >= 15 is 0 Å². The first-order valence-corrected chi connectivity index (χ1v) is 9.06. The number of carbonyl (C=O) groups excluding carboxylic acids is 1. The highest BCUT2D eigenvalue weighted by Crippen LogP contribution is 2.28. The fourth-order valence-corrected chi connectivity index (χ4v) is 3.11. The fourth-order valence-electron chi connectivity index (χ4n) is 3.11. The Morgan fingerprint density at radius 3 is 2.57 bits per heavy atom. The highest BCUT2D eigenvalue weighted by Gasteiger charge is 2.43. The van der Waals surface area contributed by atoms with E-state index in [-0.39, 0.29) is 24.2 Å². The molecule has 0 saturated carbocycles. The van der Waals surface area contributed by atoms with Crippen LogP contribution >= 0.6 is 0 Å². The maximum atomic E-state index is 14.1. The molecule has 0 unspecified atom stereocenters. The van der Waals surface area contributed by atoms with Crippen LogP contribution in [0.25, 0.3) is 11.6 Å². The topological polar surface area (TPSA) is 95.1 Å². The molecule has 156 valence electrons. The lowest BCUT2D eigenvalue weighted by molar-refractivity contribution is -0.133. The van der Waals surface area contributed by atoms with Crippen molar-refractivity contribution < 1.29 is 18.0 Å². The minimum absolute atomic E-state index is 0.0764. The van der Waals surface area contributed by atoms with Crippen LogP contribution in [0.3, 0.4) is 0 Å². The van der Waals surface area contributed by atoms with E-state index < -0.39 is 17.6 Å². The molecule has 1 aliphatic rings. The number of anilines is 1. The van der Waals surface area contributed by atoms with Gasteiger partial charge < -0.3 is 16.5 Å². The molecule has 4 N–H and O–H groups in total. The molecule has 1 aromatic carbocycles. The highest BCUT2D eigenvalue weighted by molar-refractivity contribution is 6.10. The summed E-state index contributed by atoms with van der Waals surface area (Å²) in [5.41, 5.74) is 7.36. The van der Waals surface area contributed by atoms with E-state index in [4.69, 9.17) is 11.1 Å². The second-order valence-electron chi connectivity index (χ2n) is 6.87. The van der Waals surface area contributed by atoms with Crippen molar-refractivity contribution in [1.82, 2.24) is 9.88 Å². The quantitative estimate of drug-likeness (QED) is 0.478. The number of nitrogens with two attached hydrogens (primary N) is 1. The number of carbonyl (C=O) groups is 1. The first-order chi connectivity index (χ1) is 14.3. The number of hydrogen-bond acceptors (Lipinski definition) is 5. The first-order valence-electron chi connectivity index (χ1n) is 9.06. The molecule has 0 atom stereocenters. The number of aromatic nitrogens is 1. The Kier molecular flexibility index (Phi) is 6.31. The molecule has 1 aliphatic heterocycles. The fraction of sp³-hybridized carbons (Fsp3) is 0.190. The highest BCUT2D eigenvalue weighted by atomic mass is 19.3. The van der Waals surface area contributed by atoms with Crippen molar-refractivity contribution in [2.75, 3.05) is 18.4 Å². The molecule has 0 aliphatic carbocycles. The minimum Gasteiger partial charge on any atom is -0.404 e. The molecule has 1 fully saturated rings. The summed E-state index contributed by atoms with van der Waals surface area (Å²) in [4.78, 5) is 17.6. The van der Waals surface area contributed by atoms with Crippen LogP contribution < -0.4 is 11.1 Å². The van der Waals surface area contributed by atoms with Crippen LogP contribution in [0.1, 0.15) is 16.7 Å². The molecule has 2 heterocycles. The Morgan fingerprint density at radius 1 is 1.27 bits per heavy atom. The Bertz CT molecular complexity index is 994.